The lowest BCUT2D eigenvalue weighted by Gasteiger charge is -2.18. The number of hydrogen-bond acceptors (Lipinski definition) is 3. The number of ether oxygens (including phenoxy) is 1. The molecule has 3 rings (SSSR count). The van der Waals surface area contributed by atoms with Crippen molar-refractivity contribution in [1.82, 2.24) is 4.90 Å². The van der Waals surface area contributed by atoms with Crippen LogP contribution in [-0.2, 0) is 4.79 Å². The van der Waals surface area contributed by atoms with Gasteiger partial charge in [-0.15, -0.1) is 0 Å². The van der Waals surface area contributed by atoms with Gasteiger partial charge in [0.15, 0.2) is 0 Å². The van der Waals surface area contributed by atoms with Gasteiger partial charge in [0.1, 0.15) is 5.75 Å². The van der Waals surface area contributed by atoms with Gasteiger partial charge in [-0.25, -0.2) is 0 Å². The summed E-state index contributed by atoms with van der Waals surface area (Å²) in [7, 11) is 1.59. The maximum atomic E-state index is 12.8. The zero-order chi connectivity index (χ0) is 20.1. The molecule has 146 valence electrons. The number of methoxy groups -OCH3 is 1. The first kappa shape index (κ1) is 20.0. The Labute approximate surface area is 169 Å². The maximum Gasteiger partial charge on any atom is 0.256 e. The molecule has 2 aromatic rings. The molecule has 6 heteroatoms. The van der Waals surface area contributed by atoms with Gasteiger partial charge in [-0.2, -0.15) is 0 Å². The van der Waals surface area contributed by atoms with Gasteiger partial charge in [0.25, 0.3) is 5.91 Å². The van der Waals surface area contributed by atoms with Gasteiger partial charge < -0.3 is 15.0 Å². The van der Waals surface area contributed by atoms with E-state index in [0.29, 0.717) is 22.0 Å². The topological polar surface area (TPSA) is 58.6 Å². The van der Waals surface area contributed by atoms with Crippen LogP contribution in [0.1, 0.15) is 34.3 Å². The fraction of sp³-hybridized carbons (Fsp3) is 0.273. The summed E-state index contributed by atoms with van der Waals surface area (Å²) in [5.41, 5.74) is 2.73. The summed E-state index contributed by atoms with van der Waals surface area (Å²) in [6, 6.07) is 10.7. The standard InChI is InChI=1S/C22H23ClN2O3/c1-15-5-9-20(28-2)16(13-15)6-10-21(26)24-19-8-7-17(23)14-18(19)22(27)25-11-3-4-12-25/h5-10,13-14H,3-4,11-12H2,1-2H3,(H,24,26)/b10-6+. The first-order chi connectivity index (χ1) is 13.5. The Balaban J connectivity index is 1.79. The number of benzene rings is 2. The van der Waals surface area contributed by atoms with Crippen molar-refractivity contribution in [2.45, 2.75) is 19.8 Å². The highest BCUT2D eigenvalue weighted by Crippen LogP contribution is 2.25. The van der Waals surface area contributed by atoms with Crippen molar-refractivity contribution >= 4 is 35.2 Å². The SMILES string of the molecule is COc1ccc(C)cc1/C=C/C(=O)Nc1ccc(Cl)cc1C(=O)N1CCCC1. The normalized spacial score (nSPS) is 13.8. The molecule has 0 bridgehead atoms. The van der Waals surface area contributed by atoms with Crippen molar-refractivity contribution in [3.8, 4) is 5.75 Å². The van der Waals surface area contributed by atoms with Crippen LogP contribution in [0.4, 0.5) is 5.69 Å². The number of nitrogens with zero attached hydrogens (tertiary/aromatic N) is 1. The van der Waals surface area contributed by atoms with Crippen molar-refractivity contribution < 1.29 is 14.3 Å². The van der Waals surface area contributed by atoms with E-state index in [1.54, 1.807) is 36.3 Å². The van der Waals surface area contributed by atoms with Crippen LogP contribution in [0.2, 0.25) is 5.02 Å². The summed E-state index contributed by atoms with van der Waals surface area (Å²) in [5.74, 6) is 0.243. The maximum absolute atomic E-state index is 12.8. The van der Waals surface area contributed by atoms with Gasteiger partial charge in [-0.05, 0) is 56.2 Å². The fourth-order valence-corrected chi connectivity index (χ4v) is 3.39. The predicted octanol–water partition coefficient (Wildman–Crippen LogP) is 4.54. The summed E-state index contributed by atoms with van der Waals surface area (Å²) in [4.78, 5) is 27.0. The highest BCUT2D eigenvalue weighted by Gasteiger charge is 2.22. The third kappa shape index (κ3) is 4.73. The Morgan fingerprint density at radius 3 is 2.61 bits per heavy atom. The Kier molecular flexibility index (Phi) is 6.37. The second-order valence-corrected chi connectivity index (χ2v) is 7.19. The lowest BCUT2D eigenvalue weighted by Crippen LogP contribution is -2.28. The summed E-state index contributed by atoms with van der Waals surface area (Å²) < 4.78 is 5.32. The van der Waals surface area contributed by atoms with Crippen molar-refractivity contribution in [2.75, 3.05) is 25.5 Å². The molecule has 0 spiro atoms. The number of nitrogens with one attached hydrogen (secondary N) is 1. The Hall–Kier alpha value is -2.79. The van der Waals surface area contributed by atoms with E-state index >= 15 is 0 Å². The van der Waals surface area contributed by atoms with Crippen LogP contribution in [-0.4, -0.2) is 36.9 Å². The average molecular weight is 399 g/mol. The third-order valence-corrected chi connectivity index (χ3v) is 4.90. The number of halogens is 1. The van der Waals surface area contributed by atoms with Gasteiger partial charge in [-0.3, -0.25) is 9.59 Å². The molecule has 1 heterocycles. The van der Waals surface area contributed by atoms with Crippen LogP contribution in [0.25, 0.3) is 6.08 Å². The first-order valence-electron chi connectivity index (χ1n) is 9.20. The van der Waals surface area contributed by atoms with Crippen molar-refractivity contribution in [2.24, 2.45) is 0 Å². The summed E-state index contributed by atoms with van der Waals surface area (Å²) >= 11 is 6.08. The third-order valence-electron chi connectivity index (χ3n) is 4.66. The molecule has 0 radical (unpaired) electrons. The number of carbonyl (C=O) groups is 2. The number of rotatable bonds is 5. The predicted molar refractivity (Wildman–Crippen MR) is 112 cm³/mol. The van der Waals surface area contributed by atoms with E-state index < -0.39 is 0 Å². The molecule has 28 heavy (non-hydrogen) atoms. The summed E-state index contributed by atoms with van der Waals surface area (Å²) in [5, 5.41) is 3.25. The zero-order valence-corrected chi connectivity index (χ0v) is 16.8. The largest absolute Gasteiger partial charge is 0.496 e. The minimum absolute atomic E-state index is 0.111. The van der Waals surface area contributed by atoms with E-state index in [2.05, 4.69) is 5.32 Å². The minimum Gasteiger partial charge on any atom is -0.496 e. The van der Waals surface area contributed by atoms with Crippen LogP contribution < -0.4 is 10.1 Å². The van der Waals surface area contributed by atoms with Crippen LogP contribution in [0.15, 0.2) is 42.5 Å². The Morgan fingerprint density at radius 2 is 1.89 bits per heavy atom. The molecule has 1 fully saturated rings. The molecular weight excluding hydrogens is 376 g/mol. The lowest BCUT2D eigenvalue weighted by molar-refractivity contribution is -0.111. The van der Waals surface area contributed by atoms with Gasteiger partial charge in [-0.1, -0.05) is 23.2 Å². The molecule has 2 aromatic carbocycles. The monoisotopic (exact) mass is 398 g/mol. The summed E-state index contributed by atoms with van der Waals surface area (Å²) in [6.07, 6.45) is 5.11. The highest BCUT2D eigenvalue weighted by molar-refractivity contribution is 6.31. The van der Waals surface area contributed by atoms with Gasteiger partial charge in [0, 0.05) is 29.8 Å². The molecule has 2 amide bonds. The van der Waals surface area contributed by atoms with Crippen molar-refractivity contribution in [3.63, 3.8) is 0 Å². The lowest BCUT2D eigenvalue weighted by atomic mass is 10.1. The van der Waals surface area contributed by atoms with Gasteiger partial charge in [0.05, 0.1) is 18.4 Å². The molecule has 0 unspecified atom stereocenters. The highest BCUT2D eigenvalue weighted by atomic mass is 35.5. The summed E-state index contributed by atoms with van der Waals surface area (Å²) in [6.45, 7) is 3.43. The molecular formula is C22H23ClN2O3. The molecule has 1 aliphatic rings. The molecule has 0 atom stereocenters. The second-order valence-electron chi connectivity index (χ2n) is 6.76. The Morgan fingerprint density at radius 1 is 1.14 bits per heavy atom. The second kappa shape index (κ2) is 8.93. The van der Waals surface area contributed by atoms with Crippen LogP contribution in [0, 0.1) is 6.92 Å². The van der Waals surface area contributed by atoms with Crippen molar-refractivity contribution in [3.05, 3.63) is 64.2 Å². The molecule has 0 aliphatic carbocycles. The number of hydrogen-bond donors (Lipinski definition) is 1. The van der Waals surface area contributed by atoms with Crippen LogP contribution >= 0.6 is 11.6 Å². The minimum atomic E-state index is -0.332. The fourth-order valence-electron chi connectivity index (χ4n) is 3.22. The van der Waals surface area contributed by atoms with Crippen LogP contribution in [0.3, 0.4) is 0 Å². The number of aryl methyl sites for hydroxylation is 1. The molecule has 0 saturated carbocycles. The molecule has 1 N–H and O–H groups in total. The first-order valence-corrected chi connectivity index (χ1v) is 9.58. The molecule has 5 nitrogen and oxygen atoms in total. The van der Waals surface area contributed by atoms with E-state index in [-0.39, 0.29) is 11.8 Å². The number of carbonyl (C=O) groups excluding carboxylic acids is 2. The van der Waals surface area contributed by atoms with E-state index in [4.69, 9.17) is 16.3 Å². The van der Waals surface area contributed by atoms with E-state index in [1.807, 2.05) is 25.1 Å². The number of amides is 2. The van der Waals surface area contributed by atoms with Crippen LogP contribution in [0.5, 0.6) is 5.75 Å². The average Bonchev–Trinajstić information content (AvgIpc) is 3.22. The molecule has 1 aliphatic heterocycles. The quantitative estimate of drug-likeness (QED) is 0.752. The van der Waals surface area contributed by atoms with Gasteiger partial charge in [0.2, 0.25) is 5.91 Å². The van der Waals surface area contributed by atoms with Gasteiger partial charge >= 0.3 is 0 Å². The smallest absolute Gasteiger partial charge is 0.256 e. The Bertz CT molecular complexity index is 918. The van der Waals surface area contributed by atoms with E-state index in [1.165, 1.54) is 6.08 Å². The van der Waals surface area contributed by atoms with Crippen molar-refractivity contribution in [1.29, 1.82) is 0 Å². The number of anilines is 1. The number of likely N-dealkylation sites (tertiary alicyclic amines) is 1. The van der Waals surface area contributed by atoms with E-state index in [9.17, 15) is 9.59 Å². The van der Waals surface area contributed by atoms with E-state index in [0.717, 1.165) is 37.1 Å². The molecule has 0 aromatic heterocycles. The zero-order valence-electron chi connectivity index (χ0n) is 16.0. The molecule has 1 saturated heterocycles.